The Morgan fingerprint density at radius 1 is 1.26 bits per heavy atom. The van der Waals surface area contributed by atoms with E-state index in [1.54, 1.807) is 7.05 Å². The Balaban J connectivity index is 1.51. The van der Waals surface area contributed by atoms with Gasteiger partial charge in [0.15, 0.2) is 0 Å². The van der Waals surface area contributed by atoms with E-state index in [2.05, 4.69) is 32.7 Å². The smallest absolute Gasteiger partial charge is 0.374 e. The summed E-state index contributed by atoms with van der Waals surface area (Å²) in [6.45, 7) is 7.83. The quantitative estimate of drug-likeness (QED) is 0.483. The lowest BCUT2D eigenvalue weighted by molar-refractivity contribution is -0.148. The zero-order valence-corrected chi connectivity index (χ0v) is 21.1. The van der Waals surface area contributed by atoms with Crippen LogP contribution in [0.5, 0.6) is 0 Å². The van der Waals surface area contributed by atoms with Crippen LogP contribution >= 0.6 is 15.9 Å². The molecule has 34 heavy (non-hydrogen) atoms. The summed E-state index contributed by atoms with van der Waals surface area (Å²) < 4.78 is 45.2. The van der Waals surface area contributed by atoms with Gasteiger partial charge in [0.1, 0.15) is 5.82 Å². The minimum Gasteiger partial charge on any atom is -0.374 e. The average Bonchev–Trinajstić information content (AvgIpc) is 3.25. The highest BCUT2D eigenvalue weighted by Gasteiger charge is 2.34. The van der Waals surface area contributed by atoms with Gasteiger partial charge in [0.25, 0.3) is 0 Å². The van der Waals surface area contributed by atoms with Crippen LogP contribution in [0.15, 0.2) is 34.8 Å². The lowest BCUT2D eigenvalue weighted by atomic mass is 9.97. The summed E-state index contributed by atoms with van der Waals surface area (Å²) in [5.74, 6) is 1.67. The number of nitrogens with zero attached hydrogens (tertiary/aromatic N) is 4. The molecular weight excluding hydrogens is 511 g/mol. The molecule has 3 heterocycles. The predicted molar refractivity (Wildman–Crippen MR) is 132 cm³/mol. The molecule has 2 unspecified atom stereocenters. The summed E-state index contributed by atoms with van der Waals surface area (Å²) >= 11 is 3.52. The van der Waals surface area contributed by atoms with Crippen LogP contribution in [-0.4, -0.2) is 73.0 Å². The van der Waals surface area contributed by atoms with Crippen LogP contribution in [0, 0.1) is 5.92 Å². The number of anilines is 2. The van der Waals surface area contributed by atoms with Crippen molar-refractivity contribution in [2.45, 2.75) is 44.5 Å². The molecule has 0 bridgehead atoms. The van der Waals surface area contributed by atoms with Crippen molar-refractivity contribution >= 4 is 38.6 Å². The lowest BCUT2D eigenvalue weighted by Gasteiger charge is -2.37. The number of piperidine rings is 1. The first-order chi connectivity index (χ1) is 16.1. The summed E-state index contributed by atoms with van der Waals surface area (Å²) in [7, 11) is 1.55. The van der Waals surface area contributed by atoms with Crippen molar-refractivity contribution in [1.82, 2.24) is 14.9 Å². The van der Waals surface area contributed by atoms with Gasteiger partial charge in [0.2, 0.25) is 5.95 Å². The molecular formula is C24H31BrF3N5O. The molecule has 1 aromatic carbocycles. The van der Waals surface area contributed by atoms with Crippen molar-refractivity contribution in [1.29, 1.82) is 0 Å². The molecule has 0 radical (unpaired) electrons. The Labute approximate surface area is 206 Å². The van der Waals surface area contributed by atoms with Crippen molar-refractivity contribution < 1.29 is 17.9 Å². The zero-order valence-electron chi connectivity index (χ0n) is 19.5. The summed E-state index contributed by atoms with van der Waals surface area (Å²) in [4.78, 5) is 13.2. The van der Waals surface area contributed by atoms with Gasteiger partial charge in [-0.05, 0) is 51.4 Å². The second-order valence-corrected chi connectivity index (χ2v) is 10.3. The number of fused-ring (bicyclic) bond motifs is 1. The van der Waals surface area contributed by atoms with E-state index in [0.717, 1.165) is 39.8 Å². The van der Waals surface area contributed by atoms with E-state index >= 15 is 0 Å². The van der Waals surface area contributed by atoms with Crippen molar-refractivity contribution in [3.8, 4) is 0 Å². The molecule has 2 fully saturated rings. The fraction of sp³-hybridized carbons (Fsp3) is 0.583. The van der Waals surface area contributed by atoms with Crippen molar-refractivity contribution in [2.75, 3.05) is 50.1 Å². The molecule has 2 saturated heterocycles. The molecule has 0 spiro atoms. The first-order valence-corrected chi connectivity index (χ1v) is 12.4. The average molecular weight is 542 g/mol. The number of rotatable bonds is 7. The van der Waals surface area contributed by atoms with Crippen molar-refractivity contribution in [3.05, 3.63) is 34.8 Å². The third-order valence-electron chi connectivity index (χ3n) is 6.68. The van der Waals surface area contributed by atoms with Crippen LogP contribution < -0.4 is 10.2 Å². The van der Waals surface area contributed by atoms with E-state index in [0.29, 0.717) is 44.3 Å². The van der Waals surface area contributed by atoms with Crippen LogP contribution in [0.4, 0.5) is 24.9 Å². The largest absolute Gasteiger partial charge is 0.401 e. The molecule has 10 heteroatoms. The molecule has 6 nitrogen and oxygen atoms in total. The van der Waals surface area contributed by atoms with Crippen molar-refractivity contribution in [3.63, 3.8) is 0 Å². The van der Waals surface area contributed by atoms with Gasteiger partial charge in [-0.15, -0.1) is 0 Å². The Morgan fingerprint density at radius 3 is 2.68 bits per heavy atom. The minimum atomic E-state index is -4.18. The van der Waals surface area contributed by atoms with Gasteiger partial charge >= 0.3 is 6.18 Å². The number of benzene rings is 1. The van der Waals surface area contributed by atoms with Gasteiger partial charge in [0.05, 0.1) is 18.2 Å². The van der Waals surface area contributed by atoms with Crippen LogP contribution in [0.3, 0.4) is 0 Å². The van der Waals surface area contributed by atoms with E-state index in [4.69, 9.17) is 14.7 Å². The normalized spacial score (nSPS) is 22.0. The minimum absolute atomic E-state index is 0.0364. The van der Waals surface area contributed by atoms with Gasteiger partial charge < -0.3 is 15.0 Å². The van der Waals surface area contributed by atoms with Gasteiger partial charge in [0, 0.05) is 48.1 Å². The maximum Gasteiger partial charge on any atom is 0.401 e. The third-order valence-corrected chi connectivity index (χ3v) is 7.17. The monoisotopic (exact) mass is 541 g/mol. The van der Waals surface area contributed by atoms with E-state index in [9.17, 15) is 13.2 Å². The number of aromatic nitrogens is 2. The maximum atomic E-state index is 12.8. The highest BCUT2D eigenvalue weighted by Crippen LogP contribution is 2.32. The molecule has 1 aromatic heterocycles. The molecule has 0 aliphatic carbocycles. The molecule has 4 rings (SSSR count). The van der Waals surface area contributed by atoms with Gasteiger partial charge in [-0.1, -0.05) is 28.1 Å². The summed E-state index contributed by atoms with van der Waals surface area (Å²) in [6.07, 6.45) is -1.89. The van der Waals surface area contributed by atoms with E-state index in [-0.39, 0.29) is 12.1 Å². The zero-order chi connectivity index (χ0) is 24.5. The van der Waals surface area contributed by atoms with E-state index in [1.165, 1.54) is 4.90 Å². The van der Waals surface area contributed by atoms with Crippen LogP contribution in [0.25, 0.3) is 10.9 Å². The lowest BCUT2D eigenvalue weighted by Crippen LogP contribution is -2.46. The molecule has 186 valence electrons. The number of halogens is 4. The Morgan fingerprint density at radius 2 is 2.00 bits per heavy atom. The first kappa shape index (κ1) is 25.2. The van der Waals surface area contributed by atoms with Gasteiger partial charge in [-0.3, -0.25) is 4.90 Å². The molecule has 1 N–H and O–H groups in total. The van der Waals surface area contributed by atoms with Crippen molar-refractivity contribution in [2.24, 2.45) is 5.92 Å². The summed E-state index contributed by atoms with van der Waals surface area (Å²) in [5, 5.41) is 4.33. The second-order valence-electron chi connectivity index (χ2n) is 9.35. The maximum absolute atomic E-state index is 12.8. The highest BCUT2D eigenvalue weighted by molar-refractivity contribution is 9.10. The molecule has 2 aliphatic heterocycles. The standard InChI is InChI=1S/C24H31BrF3N5O/c1-15(2)21-16(8-11-34-21)13-29-23-30-20-12-17(25)4-5-19(20)22(31-23)33-9-6-18(7-10-33)32(3)14-24(26,27)28/h4-5,12,16,18,21H,1,6-11,13-14H2,2-3H3,(H,29,30,31). The topological polar surface area (TPSA) is 53.5 Å². The third kappa shape index (κ3) is 6.01. The van der Waals surface area contributed by atoms with E-state index in [1.807, 2.05) is 25.1 Å². The van der Waals surface area contributed by atoms with Crippen LogP contribution in [0.1, 0.15) is 26.2 Å². The number of alkyl halides is 3. The number of hydrogen-bond acceptors (Lipinski definition) is 6. The molecule has 0 amide bonds. The first-order valence-electron chi connectivity index (χ1n) is 11.6. The number of nitrogens with one attached hydrogen (secondary N) is 1. The number of ether oxygens (including phenoxy) is 1. The van der Waals surface area contributed by atoms with Gasteiger partial charge in [-0.25, -0.2) is 4.98 Å². The summed E-state index contributed by atoms with van der Waals surface area (Å²) in [6, 6.07) is 5.81. The molecule has 2 atom stereocenters. The fourth-order valence-corrected chi connectivity index (χ4v) is 5.30. The molecule has 0 saturated carbocycles. The van der Waals surface area contributed by atoms with Gasteiger partial charge in [-0.2, -0.15) is 18.2 Å². The number of hydrogen-bond donors (Lipinski definition) is 1. The van der Waals surface area contributed by atoms with Crippen LogP contribution in [-0.2, 0) is 4.74 Å². The Hall–Kier alpha value is -1.91. The summed E-state index contributed by atoms with van der Waals surface area (Å²) in [5.41, 5.74) is 1.84. The van der Waals surface area contributed by atoms with Crippen LogP contribution in [0.2, 0.25) is 0 Å². The highest BCUT2D eigenvalue weighted by atomic mass is 79.9. The fourth-order valence-electron chi connectivity index (χ4n) is 4.95. The molecule has 2 aliphatic rings. The Bertz CT molecular complexity index is 1030. The van der Waals surface area contributed by atoms with E-state index < -0.39 is 12.7 Å². The SMILES string of the molecule is C=C(C)C1OCCC1CNc1nc(N2CCC(N(C)CC(F)(F)F)CC2)c2ccc(Br)cc2n1. The Kier molecular flexibility index (Phi) is 7.69. The molecule has 2 aromatic rings. The predicted octanol–water partition coefficient (Wildman–Crippen LogP) is 5.25. The second kappa shape index (κ2) is 10.4.